The van der Waals surface area contributed by atoms with Gasteiger partial charge in [-0.2, -0.15) is 4.37 Å². The van der Waals surface area contributed by atoms with Gasteiger partial charge in [0, 0.05) is 31.7 Å². The number of amides is 3. The zero-order valence-corrected chi connectivity index (χ0v) is 24.3. The highest BCUT2D eigenvalue weighted by Crippen LogP contribution is 2.34. The number of halogens is 1. The first-order chi connectivity index (χ1) is 20.3. The molecule has 42 heavy (non-hydrogen) atoms. The number of nitrogens with one attached hydrogen (secondary N) is 1. The molecule has 2 fully saturated rings. The number of likely N-dealkylation sites (tertiary alicyclic amines) is 1. The van der Waals surface area contributed by atoms with Crippen LogP contribution in [0.3, 0.4) is 0 Å². The van der Waals surface area contributed by atoms with Crippen LogP contribution in [0.2, 0.25) is 0 Å². The van der Waals surface area contributed by atoms with Crippen molar-refractivity contribution in [2.75, 3.05) is 18.8 Å². The van der Waals surface area contributed by atoms with Gasteiger partial charge < -0.3 is 21.7 Å². The fourth-order valence-electron chi connectivity index (χ4n) is 6.05. The largest absolute Gasteiger partial charge is 0.395 e. The monoisotopic (exact) mass is 592 g/mol. The number of nitrogens with zero attached hydrogens (tertiary/aromatic N) is 3. The first-order valence-corrected chi connectivity index (χ1v) is 15.3. The summed E-state index contributed by atoms with van der Waals surface area (Å²) in [7, 11) is 0. The number of aromatic nitrogens is 1. The highest BCUT2D eigenvalue weighted by Gasteiger charge is 2.40. The lowest BCUT2D eigenvalue weighted by Gasteiger charge is -2.42. The second-order valence-electron chi connectivity index (χ2n) is 11.1. The van der Waals surface area contributed by atoms with E-state index in [1.54, 1.807) is 17.0 Å². The van der Waals surface area contributed by atoms with Crippen molar-refractivity contribution >= 4 is 34.9 Å². The predicted octanol–water partition coefficient (Wildman–Crippen LogP) is 4.26. The Hall–Kier alpha value is -3.83. The number of piperidine rings is 1. The fraction of sp³-hybridized carbons (Fsp3) is 0.419. The third kappa shape index (κ3) is 6.79. The highest BCUT2D eigenvalue weighted by atomic mass is 32.1. The molecule has 9 nitrogen and oxygen atoms in total. The molecule has 11 heteroatoms. The maximum atomic E-state index is 14.3. The van der Waals surface area contributed by atoms with Crippen LogP contribution < -0.4 is 16.8 Å². The summed E-state index contributed by atoms with van der Waals surface area (Å²) >= 11 is 0.801. The van der Waals surface area contributed by atoms with Crippen molar-refractivity contribution in [3.8, 4) is 0 Å². The second-order valence-corrected chi connectivity index (χ2v) is 11.9. The number of primary amides is 1. The Morgan fingerprint density at radius 3 is 2.29 bits per heavy atom. The van der Waals surface area contributed by atoms with E-state index in [1.165, 1.54) is 17.7 Å². The van der Waals surface area contributed by atoms with Crippen molar-refractivity contribution in [3.63, 3.8) is 0 Å². The van der Waals surface area contributed by atoms with E-state index in [1.807, 2.05) is 18.2 Å². The molecule has 5 rings (SSSR count). The first kappa shape index (κ1) is 29.7. The summed E-state index contributed by atoms with van der Waals surface area (Å²) in [5.74, 6) is -2.07. The maximum absolute atomic E-state index is 14.3. The minimum absolute atomic E-state index is 0.00816. The molecule has 1 saturated carbocycles. The Morgan fingerprint density at radius 2 is 1.67 bits per heavy atom. The summed E-state index contributed by atoms with van der Waals surface area (Å²) in [5, 5.41) is 3.18. The lowest BCUT2D eigenvalue weighted by Crippen LogP contribution is -2.53. The minimum atomic E-state index is -1.02. The van der Waals surface area contributed by atoms with Gasteiger partial charge in [-0.25, -0.2) is 4.39 Å². The van der Waals surface area contributed by atoms with E-state index in [4.69, 9.17) is 11.5 Å². The van der Waals surface area contributed by atoms with Crippen molar-refractivity contribution in [3.05, 3.63) is 82.1 Å². The molecule has 3 amide bonds. The molecule has 1 aliphatic carbocycles. The first-order valence-electron chi connectivity index (χ1n) is 14.5. The van der Waals surface area contributed by atoms with E-state index >= 15 is 0 Å². The number of rotatable bonds is 9. The minimum Gasteiger partial charge on any atom is -0.395 e. The quantitative estimate of drug-likeness (QED) is 0.340. The maximum Gasteiger partial charge on any atom is 0.270 e. The van der Waals surface area contributed by atoms with Crippen molar-refractivity contribution < 1.29 is 18.8 Å². The van der Waals surface area contributed by atoms with Gasteiger partial charge in [-0.1, -0.05) is 61.7 Å². The molecule has 0 radical (unpaired) electrons. The molecule has 5 N–H and O–H groups in total. The second kappa shape index (κ2) is 13.4. The summed E-state index contributed by atoms with van der Waals surface area (Å²) in [6.07, 6.45) is 6.17. The Labute approximate surface area is 249 Å². The number of hydrogen-bond donors (Lipinski definition) is 3. The molecular weight excluding hydrogens is 555 g/mol. The summed E-state index contributed by atoms with van der Waals surface area (Å²) in [6.45, 7) is 2.22. The Kier molecular flexibility index (Phi) is 9.48. The average Bonchev–Trinajstić information content (AvgIpc) is 3.39. The lowest BCUT2D eigenvalue weighted by atomic mass is 9.93. The van der Waals surface area contributed by atoms with Gasteiger partial charge in [0.25, 0.3) is 11.8 Å². The van der Waals surface area contributed by atoms with Crippen molar-refractivity contribution in [1.29, 1.82) is 0 Å². The van der Waals surface area contributed by atoms with Crippen LogP contribution in [0.15, 0.2) is 54.6 Å². The van der Waals surface area contributed by atoms with Crippen LogP contribution in [-0.2, 0) is 11.3 Å². The molecule has 3 aromatic rings. The summed E-state index contributed by atoms with van der Waals surface area (Å²) < 4.78 is 18.0. The lowest BCUT2D eigenvalue weighted by molar-refractivity contribution is -0.128. The number of hydrogen-bond acceptors (Lipinski definition) is 7. The van der Waals surface area contributed by atoms with Gasteiger partial charge in [0.05, 0.1) is 5.69 Å². The molecule has 0 bridgehead atoms. The van der Waals surface area contributed by atoms with Crippen molar-refractivity contribution in [2.24, 2.45) is 5.73 Å². The van der Waals surface area contributed by atoms with Crippen molar-refractivity contribution in [2.45, 2.75) is 69.6 Å². The van der Waals surface area contributed by atoms with Crippen LogP contribution in [0.5, 0.6) is 0 Å². The van der Waals surface area contributed by atoms with Gasteiger partial charge in [-0.15, -0.1) is 0 Å². The molecular formula is C31H37FN6O3S. The number of carbonyl (C=O) groups excluding carboxylic acids is 3. The van der Waals surface area contributed by atoms with Gasteiger partial charge in [0.15, 0.2) is 5.69 Å². The summed E-state index contributed by atoms with van der Waals surface area (Å²) in [4.78, 5) is 44.3. The molecule has 2 heterocycles. The third-order valence-electron chi connectivity index (χ3n) is 8.25. The Bertz CT molecular complexity index is 1390. The van der Waals surface area contributed by atoms with Crippen LogP contribution in [0.4, 0.5) is 10.1 Å². The molecule has 2 aromatic carbocycles. The van der Waals surface area contributed by atoms with Gasteiger partial charge in [0.1, 0.15) is 16.7 Å². The van der Waals surface area contributed by atoms with E-state index in [9.17, 15) is 18.8 Å². The van der Waals surface area contributed by atoms with Crippen molar-refractivity contribution in [1.82, 2.24) is 19.5 Å². The molecule has 1 unspecified atom stereocenters. The fourth-order valence-corrected chi connectivity index (χ4v) is 6.80. The topological polar surface area (TPSA) is 135 Å². The van der Waals surface area contributed by atoms with Gasteiger partial charge in [0.2, 0.25) is 5.91 Å². The zero-order chi connectivity index (χ0) is 29.6. The van der Waals surface area contributed by atoms with E-state index < -0.39 is 23.7 Å². The van der Waals surface area contributed by atoms with Crippen LogP contribution in [0.1, 0.15) is 82.3 Å². The normalized spacial score (nSPS) is 17.5. The van der Waals surface area contributed by atoms with Crippen LogP contribution in [0, 0.1) is 5.82 Å². The Morgan fingerprint density at radius 1 is 1.00 bits per heavy atom. The summed E-state index contributed by atoms with van der Waals surface area (Å²) in [5.41, 5.74) is 13.1. The molecule has 0 spiro atoms. The van der Waals surface area contributed by atoms with E-state index in [2.05, 4.69) is 26.7 Å². The molecule has 1 aliphatic heterocycles. The molecule has 1 aromatic heterocycles. The number of nitrogen functional groups attached to an aromatic ring is 1. The summed E-state index contributed by atoms with van der Waals surface area (Å²) in [6, 6.07) is 14.6. The zero-order valence-electron chi connectivity index (χ0n) is 23.5. The van der Waals surface area contributed by atoms with Gasteiger partial charge in [-0.05, 0) is 60.5 Å². The van der Waals surface area contributed by atoms with Crippen LogP contribution in [0.25, 0.3) is 0 Å². The smallest absolute Gasteiger partial charge is 0.270 e. The van der Waals surface area contributed by atoms with E-state index in [-0.39, 0.29) is 34.2 Å². The van der Waals surface area contributed by atoms with Gasteiger partial charge >= 0.3 is 0 Å². The molecule has 2 aliphatic rings. The predicted molar refractivity (Wildman–Crippen MR) is 160 cm³/mol. The molecule has 1 saturated heterocycles. The standard InChI is InChI=1S/C31H37FN6O3S/c32-22-13-11-21(12-14-22)27(30(40)35-23-9-5-2-6-10-23)38(31(41)28-25(33)26(29(34)39)36-42-28)24-15-17-37(18-16-24)19-20-7-3-1-4-8-20/h1,3-4,7-8,11-14,23-24,27H,2,5-6,9-10,15-19,33H2,(H2,34,39)(H,35,40). The third-order valence-corrected chi connectivity index (χ3v) is 9.10. The molecule has 1 atom stereocenters. The Balaban J connectivity index is 1.48. The highest BCUT2D eigenvalue weighted by molar-refractivity contribution is 7.09. The average molecular weight is 593 g/mol. The van der Waals surface area contributed by atoms with Crippen LogP contribution in [-0.4, -0.2) is 57.1 Å². The van der Waals surface area contributed by atoms with E-state index in [0.29, 0.717) is 31.5 Å². The van der Waals surface area contributed by atoms with E-state index in [0.717, 1.165) is 50.2 Å². The van der Waals surface area contributed by atoms with Crippen LogP contribution >= 0.6 is 11.5 Å². The van der Waals surface area contributed by atoms with Gasteiger partial charge in [-0.3, -0.25) is 19.3 Å². The number of anilines is 1. The SMILES string of the molecule is NC(=O)c1nsc(C(=O)N(C2CCN(Cc3ccccc3)CC2)C(C(=O)NC2CCCCC2)c2ccc(F)cc2)c1N. The number of nitrogens with two attached hydrogens (primary N) is 2. The molecule has 222 valence electrons. The number of carbonyl (C=O) groups is 3. The number of benzene rings is 2.